The van der Waals surface area contributed by atoms with Crippen LogP contribution in [0.5, 0.6) is 17.2 Å². The first-order valence-electron chi connectivity index (χ1n) is 15.1. The second kappa shape index (κ2) is 14.4. The van der Waals surface area contributed by atoms with Crippen molar-refractivity contribution < 1.29 is 33.4 Å². The second-order valence-electron chi connectivity index (χ2n) is 11.2. The van der Waals surface area contributed by atoms with Crippen molar-refractivity contribution in [2.45, 2.75) is 63.7 Å². The van der Waals surface area contributed by atoms with Crippen molar-refractivity contribution in [3.63, 3.8) is 0 Å². The number of ether oxygens (including phenoxy) is 3. The summed E-state index contributed by atoms with van der Waals surface area (Å²) in [5, 5.41) is 5.95. The van der Waals surface area contributed by atoms with Crippen LogP contribution in [-0.4, -0.2) is 85.4 Å². The Morgan fingerprint density at radius 2 is 1.93 bits per heavy atom. The molecule has 0 unspecified atom stereocenters. The summed E-state index contributed by atoms with van der Waals surface area (Å²) < 4.78 is 17.8. The molecule has 3 aliphatic heterocycles. The first kappa shape index (κ1) is 30.3. The van der Waals surface area contributed by atoms with E-state index >= 15 is 0 Å². The summed E-state index contributed by atoms with van der Waals surface area (Å²) in [5.41, 5.74) is 1.28. The quantitative estimate of drug-likeness (QED) is 0.547. The minimum atomic E-state index is -0.370. The third-order valence-electron chi connectivity index (χ3n) is 8.08. The molecule has 0 saturated carbocycles. The number of carbonyl (C=O) groups excluding carboxylic acids is 4. The molecule has 11 heteroatoms. The highest BCUT2D eigenvalue weighted by Crippen LogP contribution is 2.29. The van der Waals surface area contributed by atoms with Crippen molar-refractivity contribution in [1.29, 1.82) is 0 Å². The van der Waals surface area contributed by atoms with Crippen molar-refractivity contribution in [1.82, 2.24) is 20.4 Å². The fourth-order valence-electron chi connectivity index (χ4n) is 5.76. The van der Waals surface area contributed by atoms with Crippen LogP contribution >= 0.6 is 0 Å². The smallest absolute Gasteiger partial charge is 0.251 e. The molecule has 2 aromatic rings. The standard InChI is InChI=1S/C32H40N4O7/c1-41-25-17-23-18-26(19-25)43-24-7-2-6-22(16-24)21-42-28-11-15-36(31(39)10-5-14-35-13-4-9-30(35)38)20-27(28)34-29(37)8-3-12-33-32(23)40/h2,6-7,16-19,27-28H,3-5,8-15,20-21H2,1H3,(H,33,40)(H,34,37)/t27-,28-/m0/s1. The van der Waals surface area contributed by atoms with Crippen LogP contribution in [0.1, 0.15) is 60.9 Å². The minimum absolute atomic E-state index is 0.0196. The molecule has 11 nitrogen and oxygen atoms in total. The average molecular weight is 593 g/mol. The zero-order valence-corrected chi connectivity index (χ0v) is 24.6. The van der Waals surface area contributed by atoms with Gasteiger partial charge in [0, 0.05) is 63.6 Å². The van der Waals surface area contributed by atoms with Gasteiger partial charge in [-0.1, -0.05) is 12.1 Å². The predicted octanol–water partition coefficient (Wildman–Crippen LogP) is 3.02. The molecule has 2 fully saturated rings. The first-order chi connectivity index (χ1) is 20.9. The van der Waals surface area contributed by atoms with Crippen molar-refractivity contribution in [3.05, 3.63) is 53.6 Å². The van der Waals surface area contributed by atoms with Gasteiger partial charge >= 0.3 is 0 Å². The highest BCUT2D eigenvalue weighted by molar-refractivity contribution is 5.95. The maximum atomic E-state index is 13.1. The Kier molecular flexibility index (Phi) is 10.1. The van der Waals surface area contributed by atoms with Gasteiger partial charge in [0.05, 0.1) is 25.9 Å². The molecule has 0 radical (unpaired) electrons. The Morgan fingerprint density at radius 1 is 1.05 bits per heavy atom. The van der Waals surface area contributed by atoms with Crippen LogP contribution in [0.2, 0.25) is 0 Å². The molecular weight excluding hydrogens is 552 g/mol. The van der Waals surface area contributed by atoms with Gasteiger partial charge in [-0.25, -0.2) is 0 Å². The molecule has 43 heavy (non-hydrogen) atoms. The minimum Gasteiger partial charge on any atom is -0.497 e. The van der Waals surface area contributed by atoms with Gasteiger partial charge in [-0.2, -0.15) is 0 Å². The molecule has 230 valence electrons. The Hall–Kier alpha value is -4.12. The number of amides is 4. The van der Waals surface area contributed by atoms with Gasteiger partial charge < -0.3 is 34.6 Å². The van der Waals surface area contributed by atoms with Gasteiger partial charge in [0.25, 0.3) is 5.91 Å². The lowest BCUT2D eigenvalue weighted by atomic mass is 10.0. The first-order valence-corrected chi connectivity index (χ1v) is 15.1. The number of hydrogen-bond donors (Lipinski definition) is 2. The van der Waals surface area contributed by atoms with Crippen molar-refractivity contribution >= 4 is 23.6 Å². The molecule has 4 bridgehead atoms. The van der Waals surface area contributed by atoms with E-state index in [0.29, 0.717) is 87.7 Å². The number of benzene rings is 2. The number of carbonyl (C=O) groups is 4. The van der Waals surface area contributed by atoms with E-state index in [2.05, 4.69) is 10.6 Å². The van der Waals surface area contributed by atoms with E-state index in [9.17, 15) is 19.2 Å². The van der Waals surface area contributed by atoms with E-state index in [1.165, 1.54) is 7.11 Å². The van der Waals surface area contributed by atoms with Gasteiger partial charge in [0.1, 0.15) is 17.2 Å². The molecular formula is C32H40N4O7. The number of piperidine rings is 1. The van der Waals surface area contributed by atoms with Gasteiger partial charge in [0.15, 0.2) is 0 Å². The van der Waals surface area contributed by atoms with Crippen LogP contribution in [0.15, 0.2) is 42.5 Å². The molecule has 0 aromatic heterocycles. The van der Waals surface area contributed by atoms with E-state index in [1.807, 2.05) is 29.2 Å². The molecule has 5 rings (SSSR count). The van der Waals surface area contributed by atoms with Crippen molar-refractivity contribution in [2.24, 2.45) is 0 Å². The highest BCUT2D eigenvalue weighted by atomic mass is 16.5. The van der Waals surface area contributed by atoms with Crippen LogP contribution in [0.25, 0.3) is 0 Å². The van der Waals surface area contributed by atoms with Crippen LogP contribution in [0, 0.1) is 0 Å². The topological polar surface area (TPSA) is 127 Å². The van der Waals surface area contributed by atoms with E-state index in [0.717, 1.165) is 18.5 Å². The Morgan fingerprint density at radius 3 is 2.74 bits per heavy atom. The molecule has 2 atom stereocenters. The monoisotopic (exact) mass is 592 g/mol. The molecule has 0 aliphatic carbocycles. The van der Waals surface area contributed by atoms with Crippen LogP contribution in [0.3, 0.4) is 0 Å². The maximum Gasteiger partial charge on any atom is 0.251 e. The Balaban J connectivity index is 1.26. The molecule has 2 N–H and O–H groups in total. The molecule has 2 saturated heterocycles. The summed E-state index contributed by atoms with van der Waals surface area (Å²) in [6, 6.07) is 12.2. The van der Waals surface area contributed by atoms with Crippen molar-refractivity contribution in [3.8, 4) is 17.2 Å². The lowest BCUT2D eigenvalue weighted by Crippen LogP contribution is -2.57. The van der Waals surface area contributed by atoms with E-state index in [4.69, 9.17) is 14.2 Å². The summed E-state index contributed by atoms with van der Waals surface area (Å²) >= 11 is 0. The second-order valence-corrected chi connectivity index (χ2v) is 11.2. The van der Waals surface area contributed by atoms with E-state index in [-0.39, 0.29) is 42.2 Å². The lowest BCUT2D eigenvalue weighted by Gasteiger charge is -2.39. The average Bonchev–Trinajstić information content (AvgIpc) is 3.42. The molecule has 2 aromatic carbocycles. The highest BCUT2D eigenvalue weighted by Gasteiger charge is 2.33. The molecule has 4 amide bonds. The summed E-state index contributed by atoms with van der Waals surface area (Å²) in [4.78, 5) is 54.4. The number of rotatable bonds is 5. The number of likely N-dealkylation sites (tertiary alicyclic amines) is 2. The van der Waals surface area contributed by atoms with Gasteiger partial charge in [-0.05, 0) is 55.5 Å². The van der Waals surface area contributed by atoms with Gasteiger partial charge in [-0.15, -0.1) is 0 Å². The molecule has 0 spiro atoms. The van der Waals surface area contributed by atoms with Crippen LogP contribution in [-0.2, 0) is 25.7 Å². The van der Waals surface area contributed by atoms with Crippen LogP contribution < -0.4 is 20.1 Å². The zero-order chi connectivity index (χ0) is 30.2. The van der Waals surface area contributed by atoms with Gasteiger partial charge in [0.2, 0.25) is 17.7 Å². The fourth-order valence-corrected chi connectivity index (χ4v) is 5.76. The summed E-state index contributed by atoms with van der Waals surface area (Å²) in [6.07, 6.45) is 3.43. The van der Waals surface area contributed by atoms with Gasteiger partial charge in [-0.3, -0.25) is 19.2 Å². The molecule has 3 aliphatic rings. The summed E-state index contributed by atoms with van der Waals surface area (Å²) in [6.45, 7) is 2.88. The zero-order valence-electron chi connectivity index (χ0n) is 24.6. The third kappa shape index (κ3) is 8.25. The Labute approximate surface area is 251 Å². The van der Waals surface area contributed by atoms with Crippen LogP contribution in [0.4, 0.5) is 0 Å². The normalized spacial score (nSPS) is 21.6. The molecule has 3 heterocycles. The maximum absolute atomic E-state index is 13.1. The number of nitrogens with one attached hydrogen (secondary N) is 2. The van der Waals surface area contributed by atoms with E-state index in [1.54, 1.807) is 23.1 Å². The number of fused-ring (bicyclic) bond motifs is 5. The number of methoxy groups -OCH3 is 1. The number of nitrogens with zero attached hydrogens (tertiary/aromatic N) is 2. The third-order valence-corrected chi connectivity index (χ3v) is 8.08. The Bertz CT molecular complexity index is 1330. The lowest BCUT2D eigenvalue weighted by molar-refractivity contribution is -0.137. The largest absolute Gasteiger partial charge is 0.497 e. The van der Waals surface area contributed by atoms with E-state index < -0.39 is 0 Å². The van der Waals surface area contributed by atoms with Crippen molar-refractivity contribution in [2.75, 3.05) is 39.8 Å². The fraction of sp³-hybridized carbons (Fsp3) is 0.500. The summed E-state index contributed by atoms with van der Waals surface area (Å²) in [7, 11) is 1.53. The predicted molar refractivity (Wildman–Crippen MR) is 158 cm³/mol. The SMILES string of the molecule is COc1cc2cc(c1)C(=O)NCCCC(=O)N[C@H]1CN(C(=O)CCCN3CCCC3=O)CC[C@@H]1OCc1cccc(c1)O2. The number of hydrogen-bond acceptors (Lipinski definition) is 7. The summed E-state index contributed by atoms with van der Waals surface area (Å²) in [5.74, 6) is 1.28.